The van der Waals surface area contributed by atoms with Gasteiger partial charge in [-0.05, 0) is 55.7 Å². The number of hydrogen-bond donors (Lipinski definition) is 1. The van der Waals surface area contributed by atoms with Gasteiger partial charge in [-0.2, -0.15) is 4.72 Å². The van der Waals surface area contributed by atoms with Crippen molar-refractivity contribution in [3.8, 4) is 5.75 Å². The Hall–Kier alpha value is -3.75. The average Bonchev–Trinajstić information content (AvgIpc) is 2.86. The lowest BCUT2D eigenvalue weighted by Gasteiger charge is -2.18. The van der Waals surface area contributed by atoms with Crippen molar-refractivity contribution in [2.24, 2.45) is 0 Å². The Bertz CT molecular complexity index is 1560. The van der Waals surface area contributed by atoms with Crippen LogP contribution in [-0.4, -0.2) is 14.4 Å². The molecule has 0 aliphatic heterocycles. The molecular weight excluding hydrogens is 478 g/mol. The van der Waals surface area contributed by atoms with Crippen LogP contribution in [0, 0.1) is 13.8 Å². The van der Waals surface area contributed by atoms with Crippen molar-refractivity contribution in [1.29, 1.82) is 0 Å². The summed E-state index contributed by atoms with van der Waals surface area (Å²) in [6.45, 7) is 5.70. The van der Waals surface area contributed by atoms with Gasteiger partial charge >= 0.3 is 11.6 Å². The average molecular weight is 506 g/mol. The number of hydrogen-bond acceptors (Lipinski definition) is 6. The maximum Gasteiger partial charge on any atom is 0.339 e. The number of ether oxygens (including phenoxy) is 1. The van der Waals surface area contributed by atoms with Crippen LogP contribution in [0.25, 0.3) is 11.0 Å². The molecule has 0 radical (unpaired) electrons. The summed E-state index contributed by atoms with van der Waals surface area (Å²) in [6.07, 6.45) is 1.42. The summed E-state index contributed by atoms with van der Waals surface area (Å²) in [5.41, 5.74) is 2.66. The van der Waals surface area contributed by atoms with Gasteiger partial charge in [0.2, 0.25) is 10.0 Å². The van der Waals surface area contributed by atoms with Crippen LogP contribution in [0.1, 0.15) is 41.6 Å². The van der Waals surface area contributed by atoms with Crippen molar-refractivity contribution in [2.45, 2.75) is 44.6 Å². The molecule has 4 aromatic rings. The number of carbonyl (C=O) groups excluding carboxylic acids is 1. The van der Waals surface area contributed by atoms with Gasteiger partial charge in [-0.25, -0.2) is 18.0 Å². The minimum Gasteiger partial charge on any atom is -0.425 e. The zero-order valence-corrected chi connectivity index (χ0v) is 21.1. The Balaban J connectivity index is 1.66. The second-order valence-electron chi connectivity index (χ2n) is 8.60. The molecule has 36 heavy (non-hydrogen) atoms. The molecule has 0 aliphatic rings. The fourth-order valence-corrected chi connectivity index (χ4v) is 5.16. The SMILES string of the molecule is CCCc1c(C)c2ccc(OC(=O)[C@H](NS(=O)(=O)c3ccc(C)cc3)c3ccccc3)cc2oc1=O. The van der Waals surface area contributed by atoms with Crippen molar-refractivity contribution < 1.29 is 22.4 Å². The normalized spacial score (nSPS) is 12.4. The molecule has 1 aromatic heterocycles. The van der Waals surface area contributed by atoms with Gasteiger partial charge in [0.25, 0.3) is 0 Å². The molecule has 0 aliphatic carbocycles. The van der Waals surface area contributed by atoms with E-state index in [-0.39, 0.29) is 10.6 Å². The molecule has 1 atom stereocenters. The van der Waals surface area contributed by atoms with Crippen molar-refractivity contribution in [3.05, 3.63) is 105 Å². The molecule has 0 amide bonds. The molecule has 0 saturated carbocycles. The maximum atomic E-state index is 13.2. The Labute approximate surface area is 209 Å². The fourth-order valence-electron chi connectivity index (χ4n) is 3.99. The highest BCUT2D eigenvalue weighted by Gasteiger charge is 2.29. The van der Waals surface area contributed by atoms with Gasteiger partial charge in [0.15, 0.2) is 0 Å². The Morgan fingerprint density at radius 1 is 1.00 bits per heavy atom. The first-order valence-electron chi connectivity index (χ1n) is 11.6. The van der Waals surface area contributed by atoms with Crippen LogP contribution in [0.4, 0.5) is 0 Å². The lowest BCUT2D eigenvalue weighted by atomic mass is 10.0. The number of nitrogens with one attached hydrogen (secondary N) is 1. The second kappa shape index (κ2) is 10.5. The third kappa shape index (κ3) is 5.40. The summed E-state index contributed by atoms with van der Waals surface area (Å²) in [7, 11) is -4.03. The number of carbonyl (C=O) groups is 1. The van der Waals surface area contributed by atoms with Gasteiger partial charge in [0.1, 0.15) is 17.4 Å². The molecule has 1 heterocycles. The molecule has 0 fully saturated rings. The Morgan fingerprint density at radius 2 is 1.69 bits per heavy atom. The molecule has 0 bridgehead atoms. The third-order valence-electron chi connectivity index (χ3n) is 5.95. The van der Waals surface area contributed by atoms with Crippen LogP contribution in [0.3, 0.4) is 0 Å². The van der Waals surface area contributed by atoms with Gasteiger partial charge < -0.3 is 9.15 Å². The van der Waals surface area contributed by atoms with Crippen molar-refractivity contribution in [2.75, 3.05) is 0 Å². The van der Waals surface area contributed by atoms with E-state index in [9.17, 15) is 18.0 Å². The predicted octanol–water partition coefficient (Wildman–Crippen LogP) is 4.99. The number of aryl methyl sites for hydroxylation is 2. The summed E-state index contributed by atoms with van der Waals surface area (Å²) in [5.74, 6) is -0.688. The van der Waals surface area contributed by atoms with Crippen molar-refractivity contribution >= 4 is 27.0 Å². The van der Waals surface area contributed by atoms with E-state index in [1.165, 1.54) is 18.2 Å². The van der Waals surface area contributed by atoms with Crippen LogP contribution in [0.15, 0.2) is 86.9 Å². The molecule has 0 unspecified atom stereocenters. The van der Waals surface area contributed by atoms with Crippen molar-refractivity contribution in [1.82, 2.24) is 4.72 Å². The van der Waals surface area contributed by atoms with E-state index in [0.717, 1.165) is 22.9 Å². The zero-order valence-electron chi connectivity index (χ0n) is 20.3. The third-order valence-corrected chi connectivity index (χ3v) is 7.39. The van der Waals surface area contributed by atoms with E-state index in [2.05, 4.69) is 4.72 Å². The number of rotatable bonds is 8. The second-order valence-corrected chi connectivity index (χ2v) is 10.3. The van der Waals surface area contributed by atoms with Gasteiger partial charge in [0, 0.05) is 17.0 Å². The smallest absolute Gasteiger partial charge is 0.339 e. The zero-order chi connectivity index (χ0) is 25.9. The van der Waals surface area contributed by atoms with Gasteiger partial charge in [-0.15, -0.1) is 0 Å². The summed E-state index contributed by atoms with van der Waals surface area (Å²) in [6, 6.07) is 18.3. The summed E-state index contributed by atoms with van der Waals surface area (Å²) in [5, 5.41) is 0.748. The summed E-state index contributed by atoms with van der Waals surface area (Å²) < 4.78 is 39.6. The van der Waals surface area contributed by atoms with Crippen LogP contribution in [-0.2, 0) is 21.2 Å². The highest BCUT2D eigenvalue weighted by atomic mass is 32.2. The number of esters is 1. The molecule has 1 N–H and O–H groups in total. The standard InChI is InChI=1S/C28H27NO6S/c1-4-8-24-19(3)23-16-13-21(17-25(23)35-27(24)30)34-28(31)26(20-9-6-5-7-10-20)29-36(32,33)22-14-11-18(2)12-15-22/h5-7,9-17,26,29H,4,8H2,1-3H3/t26-/m1/s1. The van der Waals surface area contributed by atoms with E-state index in [4.69, 9.17) is 9.15 Å². The monoisotopic (exact) mass is 505 g/mol. The Kier molecular flexibility index (Phi) is 7.37. The van der Waals surface area contributed by atoms with E-state index in [0.29, 0.717) is 23.1 Å². The molecule has 0 saturated heterocycles. The predicted molar refractivity (Wildman–Crippen MR) is 138 cm³/mol. The molecule has 4 rings (SSSR count). The molecule has 8 heteroatoms. The molecule has 0 spiro atoms. The minimum atomic E-state index is -4.03. The first-order chi connectivity index (χ1) is 17.2. The lowest BCUT2D eigenvalue weighted by Crippen LogP contribution is -2.36. The van der Waals surface area contributed by atoms with Crippen LogP contribution in [0.5, 0.6) is 5.75 Å². The lowest BCUT2D eigenvalue weighted by molar-refractivity contribution is -0.136. The van der Waals surface area contributed by atoms with Gasteiger partial charge in [0.05, 0.1) is 4.90 Å². The number of fused-ring (bicyclic) bond motifs is 1. The first-order valence-corrected chi connectivity index (χ1v) is 13.1. The highest BCUT2D eigenvalue weighted by molar-refractivity contribution is 7.89. The summed E-state index contributed by atoms with van der Waals surface area (Å²) in [4.78, 5) is 25.7. The minimum absolute atomic E-state index is 0.0349. The molecule has 3 aromatic carbocycles. The first kappa shape index (κ1) is 25.3. The van der Waals surface area contributed by atoms with Crippen LogP contribution < -0.4 is 15.1 Å². The van der Waals surface area contributed by atoms with E-state index >= 15 is 0 Å². The number of sulfonamides is 1. The molecular formula is C28H27NO6S. The quantitative estimate of drug-likeness (QED) is 0.206. The van der Waals surface area contributed by atoms with Gasteiger partial charge in [-0.3, -0.25) is 0 Å². The summed E-state index contributed by atoms with van der Waals surface area (Å²) >= 11 is 0. The van der Waals surface area contributed by atoms with Crippen LogP contribution >= 0.6 is 0 Å². The maximum absolute atomic E-state index is 13.2. The van der Waals surface area contributed by atoms with E-state index in [1.54, 1.807) is 54.6 Å². The highest BCUT2D eigenvalue weighted by Crippen LogP contribution is 2.26. The van der Waals surface area contributed by atoms with Crippen molar-refractivity contribution in [3.63, 3.8) is 0 Å². The van der Waals surface area contributed by atoms with Gasteiger partial charge in [-0.1, -0.05) is 61.4 Å². The molecule has 7 nitrogen and oxygen atoms in total. The van der Waals surface area contributed by atoms with Crippen LogP contribution in [0.2, 0.25) is 0 Å². The Morgan fingerprint density at radius 3 is 2.36 bits per heavy atom. The molecule has 186 valence electrons. The number of benzene rings is 3. The van der Waals surface area contributed by atoms with E-state index < -0.39 is 27.7 Å². The fraction of sp³-hybridized carbons (Fsp3) is 0.214. The van der Waals surface area contributed by atoms with E-state index in [1.807, 2.05) is 20.8 Å². The topological polar surface area (TPSA) is 103 Å². The largest absolute Gasteiger partial charge is 0.425 e.